The van der Waals surface area contributed by atoms with Gasteiger partial charge in [-0.1, -0.05) is 91.0 Å². The zero-order valence-electron chi connectivity index (χ0n) is 16.7. The highest BCUT2D eigenvalue weighted by Gasteiger charge is 2.53. The van der Waals surface area contributed by atoms with Gasteiger partial charge in [-0.25, -0.2) is 0 Å². The van der Waals surface area contributed by atoms with Gasteiger partial charge in [-0.05, 0) is 39.1 Å². The summed E-state index contributed by atoms with van der Waals surface area (Å²) >= 11 is 0. The van der Waals surface area contributed by atoms with E-state index in [1.54, 1.807) is 0 Å². The van der Waals surface area contributed by atoms with Gasteiger partial charge in [0, 0.05) is 10.6 Å². The first kappa shape index (κ1) is 16.9. The van der Waals surface area contributed by atoms with E-state index in [0.717, 1.165) is 33.8 Å². The molecule has 7 rings (SSSR count). The monoisotopic (exact) mass is 414 g/mol. The maximum absolute atomic E-state index is 6.65. The maximum Gasteiger partial charge on any atom is 0.197 e. The van der Waals surface area contributed by atoms with E-state index in [1.807, 2.05) is 0 Å². The molecule has 2 aliphatic heterocycles. The Kier molecular flexibility index (Phi) is 3.33. The van der Waals surface area contributed by atoms with Crippen molar-refractivity contribution >= 4 is 39.6 Å². The van der Waals surface area contributed by atoms with Crippen molar-refractivity contribution in [1.82, 2.24) is 0 Å². The third-order valence-electron chi connectivity index (χ3n) is 6.56. The van der Waals surface area contributed by atoms with Crippen LogP contribution in [-0.4, -0.2) is 8.07 Å². The van der Waals surface area contributed by atoms with E-state index in [0.29, 0.717) is 0 Å². The number of ether oxygens (including phenoxy) is 2. The Bertz CT molecular complexity index is 1480. The van der Waals surface area contributed by atoms with Crippen LogP contribution in [0.3, 0.4) is 0 Å². The number of fused-ring (bicyclic) bond motifs is 6. The van der Waals surface area contributed by atoms with Gasteiger partial charge in [0.25, 0.3) is 0 Å². The molecule has 0 fully saturated rings. The minimum absolute atomic E-state index is 0.914. The summed E-state index contributed by atoms with van der Waals surface area (Å²) in [7, 11) is -2.62. The number of hydrogen-bond acceptors (Lipinski definition) is 2. The molecule has 0 N–H and O–H groups in total. The van der Waals surface area contributed by atoms with Crippen molar-refractivity contribution < 1.29 is 9.47 Å². The molecule has 2 nitrogen and oxygen atoms in total. The highest BCUT2D eigenvalue weighted by Crippen LogP contribution is 2.42. The van der Waals surface area contributed by atoms with Crippen LogP contribution in [0.4, 0.5) is 0 Å². The molecule has 0 saturated carbocycles. The fourth-order valence-corrected chi connectivity index (χ4v) is 10.5. The molecule has 3 heteroatoms. The van der Waals surface area contributed by atoms with Crippen molar-refractivity contribution in [3.05, 3.63) is 109 Å². The van der Waals surface area contributed by atoms with Crippen LogP contribution in [-0.2, 0) is 0 Å². The van der Waals surface area contributed by atoms with Crippen LogP contribution in [0.1, 0.15) is 0 Å². The topological polar surface area (TPSA) is 18.5 Å². The standard InChI is InChI=1S/C28H18O2Si/c1-2-11-20(12-3-1)31-25-16-8-6-14-22(25)29-24-18-19-10-4-5-13-21(19)27(28(24)31)30-23-15-7-9-17-26(23)31/h1-18H. The molecule has 0 radical (unpaired) electrons. The zero-order valence-corrected chi connectivity index (χ0v) is 17.7. The third-order valence-corrected chi connectivity index (χ3v) is 11.4. The minimum atomic E-state index is -2.62. The molecular formula is C28H18O2Si. The van der Waals surface area contributed by atoms with Crippen molar-refractivity contribution in [3.8, 4) is 23.0 Å². The summed E-state index contributed by atoms with van der Waals surface area (Å²) < 4.78 is 13.2. The molecular weight excluding hydrogens is 396 g/mol. The number of para-hydroxylation sites is 2. The Hall–Kier alpha value is -3.82. The summed E-state index contributed by atoms with van der Waals surface area (Å²) in [4.78, 5) is 0. The van der Waals surface area contributed by atoms with Crippen molar-refractivity contribution in [3.63, 3.8) is 0 Å². The summed E-state index contributed by atoms with van der Waals surface area (Å²) in [6.45, 7) is 0. The Morgan fingerprint density at radius 2 is 1.13 bits per heavy atom. The van der Waals surface area contributed by atoms with Crippen LogP contribution in [0.15, 0.2) is 109 Å². The largest absolute Gasteiger partial charge is 0.457 e. The van der Waals surface area contributed by atoms with Gasteiger partial charge in [-0.15, -0.1) is 0 Å². The van der Waals surface area contributed by atoms with Gasteiger partial charge in [0.05, 0.1) is 0 Å². The van der Waals surface area contributed by atoms with Gasteiger partial charge in [0.2, 0.25) is 0 Å². The molecule has 5 aromatic rings. The number of hydrogen-bond donors (Lipinski definition) is 0. The molecule has 0 saturated heterocycles. The average Bonchev–Trinajstić information content (AvgIpc) is 2.84. The number of benzene rings is 5. The first-order valence-corrected chi connectivity index (χ1v) is 12.5. The molecule has 0 spiro atoms. The van der Waals surface area contributed by atoms with E-state index >= 15 is 0 Å². The Labute approximate surface area is 181 Å². The fraction of sp³-hybridized carbons (Fsp3) is 0. The average molecular weight is 415 g/mol. The van der Waals surface area contributed by atoms with Gasteiger partial charge in [-0.3, -0.25) is 0 Å². The van der Waals surface area contributed by atoms with Crippen LogP contribution >= 0.6 is 0 Å². The van der Waals surface area contributed by atoms with Crippen molar-refractivity contribution in [2.45, 2.75) is 0 Å². The van der Waals surface area contributed by atoms with Crippen LogP contribution < -0.4 is 30.2 Å². The molecule has 0 aliphatic carbocycles. The summed E-state index contributed by atoms with van der Waals surface area (Å²) in [5.41, 5.74) is 0. The molecule has 1 unspecified atom stereocenters. The van der Waals surface area contributed by atoms with E-state index < -0.39 is 8.07 Å². The molecule has 146 valence electrons. The Balaban J connectivity index is 1.75. The van der Waals surface area contributed by atoms with Gasteiger partial charge < -0.3 is 9.47 Å². The second-order valence-electron chi connectivity index (χ2n) is 8.11. The van der Waals surface area contributed by atoms with E-state index in [1.165, 1.54) is 20.7 Å². The van der Waals surface area contributed by atoms with Crippen LogP contribution in [0.5, 0.6) is 23.0 Å². The lowest BCUT2D eigenvalue weighted by atomic mass is 10.1. The summed E-state index contributed by atoms with van der Waals surface area (Å²) in [6.07, 6.45) is 0. The normalized spacial score (nSPS) is 17.7. The molecule has 0 aromatic heterocycles. The van der Waals surface area contributed by atoms with Crippen molar-refractivity contribution in [2.24, 2.45) is 0 Å². The van der Waals surface area contributed by atoms with Crippen LogP contribution in [0.25, 0.3) is 10.8 Å². The lowest BCUT2D eigenvalue weighted by Gasteiger charge is -2.43. The third kappa shape index (κ3) is 2.11. The van der Waals surface area contributed by atoms with Gasteiger partial charge in [-0.2, -0.15) is 0 Å². The molecule has 31 heavy (non-hydrogen) atoms. The first-order chi connectivity index (χ1) is 15.4. The predicted molar refractivity (Wildman–Crippen MR) is 128 cm³/mol. The second kappa shape index (κ2) is 6.09. The van der Waals surface area contributed by atoms with Gasteiger partial charge in [0.1, 0.15) is 23.0 Å². The lowest BCUT2D eigenvalue weighted by molar-refractivity contribution is 0.468. The molecule has 1 atom stereocenters. The highest BCUT2D eigenvalue weighted by atomic mass is 28.3. The zero-order chi connectivity index (χ0) is 20.4. The SMILES string of the molecule is c1ccc([Si]23c4ccccc4Oc4cc5ccccc5c(c42)Oc2ccccc23)cc1. The van der Waals surface area contributed by atoms with Gasteiger partial charge >= 0.3 is 0 Å². The van der Waals surface area contributed by atoms with Gasteiger partial charge in [0.15, 0.2) is 8.07 Å². The molecule has 0 bridgehead atoms. The number of rotatable bonds is 1. The lowest BCUT2D eigenvalue weighted by Crippen LogP contribution is -2.77. The smallest absolute Gasteiger partial charge is 0.197 e. The van der Waals surface area contributed by atoms with Crippen molar-refractivity contribution in [2.75, 3.05) is 0 Å². The molecule has 2 heterocycles. The van der Waals surface area contributed by atoms with E-state index in [4.69, 9.17) is 9.47 Å². The fourth-order valence-electron chi connectivity index (χ4n) is 5.35. The second-order valence-corrected chi connectivity index (χ2v) is 11.8. The summed E-state index contributed by atoms with van der Waals surface area (Å²) in [5.74, 6) is 3.75. The molecule has 2 aliphatic rings. The van der Waals surface area contributed by atoms with E-state index in [-0.39, 0.29) is 0 Å². The minimum Gasteiger partial charge on any atom is -0.457 e. The maximum atomic E-state index is 6.65. The summed E-state index contributed by atoms with van der Waals surface area (Å²) in [6, 6.07) is 38.6. The van der Waals surface area contributed by atoms with E-state index in [9.17, 15) is 0 Å². The summed E-state index contributed by atoms with van der Waals surface area (Å²) in [5, 5.41) is 7.38. The predicted octanol–water partition coefficient (Wildman–Crippen LogP) is 4.43. The molecule has 0 amide bonds. The molecule has 5 aromatic carbocycles. The first-order valence-electron chi connectivity index (χ1n) is 10.5. The van der Waals surface area contributed by atoms with Crippen LogP contribution in [0.2, 0.25) is 0 Å². The Morgan fingerprint density at radius 1 is 0.516 bits per heavy atom. The Morgan fingerprint density at radius 3 is 1.90 bits per heavy atom. The van der Waals surface area contributed by atoms with Crippen molar-refractivity contribution in [1.29, 1.82) is 0 Å². The van der Waals surface area contributed by atoms with E-state index in [2.05, 4.69) is 109 Å². The highest BCUT2D eigenvalue weighted by molar-refractivity contribution is 7.21. The van der Waals surface area contributed by atoms with Crippen LogP contribution in [0, 0.1) is 0 Å². The quantitative estimate of drug-likeness (QED) is 0.370.